The standard InChI is InChI=1S/C20H32N2O3/c1-19(2,3)25-17(23)16-5-4-6-22(16)18(24)21-20-10-13-7-14(11-20)9-15(8-13)12-20/h13-16H,4-12H2,1-3H3,(H,21,24). The summed E-state index contributed by atoms with van der Waals surface area (Å²) in [6, 6.07) is -0.469. The first-order chi connectivity index (χ1) is 11.7. The fourth-order valence-corrected chi connectivity index (χ4v) is 6.19. The number of carbonyl (C=O) groups excluding carboxylic acids is 2. The molecule has 1 N–H and O–H groups in total. The Morgan fingerprint density at radius 3 is 2.12 bits per heavy atom. The summed E-state index contributed by atoms with van der Waals surface area (Å²) in [5.74, 6) is 2.14. The SMILES string of the molecule is CC(C)(C)OC(=O)C1CCCN1C(=O)NC12CC3CC(CC(C3)C1)C2. The number of likely N-dealkylation sites (tertiary alicyclic amines) is 1. The molecule has 25 heavy (non-hydrogen) atoms. The lowest BCUT2D eigenvalue weighted by Gasteiger charge is -2.57. The second-order valence-electron chi connectivity index (χ2n) is 10.0. The predicted octanol–water partition coefficient (Wildman–Crippen LogP) is 3.47. The van der Waals surface area contributed by atoms with Crippen molar-refractivity contribution >= 4 is 12.0 Å². The van der Waals surface area contributed by atoms with Gasteiger partial charge in [0.15, 0.2) is 0 Å². The number of nitrogens with zero attached hydrogens (tertiary/aromatic N) is 1. The van der Waals surface area contributed by atoms with Gasteiger partial charge in [0.1, 0.15) is 11.6 Å². The molecule has 5 heteroatoms. The maximum absolute atomic E-state index is 13.0. The summed E-state index contributed by atoms with van der Waals surface area (Å²) < 4.78 is 5.54. The fourth-order valence-electron chi connectivity index (χ4n) is 6.19. The highest BCUT2D eigenvalue weighted by molar-refractivity contribution is 5.85. The van der Waals surface area contributed by atoms with Crippen molar-refractivity contribution in [2.75, 3.05) is 6.54 Å². The van der Waals surface area contributed by atoms with Crippen LogP contribution in [0.5, 0.6) is 0 Å². The molecule has 1 aliphatic heterocycles. The van der Waals surface area contributed by atoms with E-state index in [1.165, 1.54) is 19.3 Å². The molecule has 0 aromatic rings. The number of rotatable bonds is 2. The Hall–Kier alpha value is -1.26. The zero-order valence-corrected chi connectivity index (χ0v) is 15.8. The molecule has 0 radical (unpaired) electrons. The van der Waals surface area contributed by atoms with Gasteiger partial charge in [-0.3, -0.25) is 0 Å². The van der Waals surface area contributed by atoms with Crippen LogP contribution < -0.4 is 5.32 Å². The topological polar surface area (TPSA) is 58.6 Å². The molecule has 5 fully saturated rings. The van der Waals surface area contributed by atoms with E-state index in [0.717, 1.165) is 43.4 Å². The minimum atomic E-state index is -0.512. The largest absolute Gasteiger partial charge is 0.458 e. The Bertz CT molecular complexity index is 530. The number of amides is 2. The molecule has 4 saturated carbocycles. The van der Waals surface area contributed by atoms with Crippen molar-refractivity contribution in [1.82, 2.24) is 10.2 Å². The molecule has 0 spiro atoms. The van der Waals surface area contributed by atoms with Crippen molar-refractivity contribution in [3.63, 3.8) is 0 Å². The second kappa shape index (κ2) is 5.88. The smallest absolute Gasteiger partial charge is 0.329 e. The van der Waals surface area contributed by atoms with Crippen LogP contribution in [0.2, 0.25) is 0 Å². The van der Waals surface area contributed by atoms with Crippen LogP contribution in [0.4, 0.5) is 4.79 Å². The molecule has 1 saturated heterocycles. The van der Waals surface area contributed by atoms with Gasteiger partial charge in [0, 0.05) is 12.1 Å². The van der Waals surface area contributed by atoms with Crippen LogP contribution in [0.15, 0.2) is 0 Å². The maximum atomic E-state index is 13.0. The predicted molar refractivity (Wildman–Crippen MR) is 95.0 cm³/mol. The lowest BCUT2D eigenvalue weighted by atomic mass is 9.53. The molecule has 1 unspecified atom stereocenters. The number of hydrogen-bond acceptors (Lipinski definition) is 3. The second-order valence-corrected chi connectivity index (χ2v) is 10.0. The van der Waals surface area contributed by atoms with E-state index in [-0.39, 0.29) is 17.5 Å². The maximum Gasteiger partial charge on any atom is 0.329 e. The van der Waals surface area contributed by atoms with Gasteiger partial charge in [-0.2, -0.15) is 0 Å². The minimum absolute atomic E-state index is 0.00704. The first-order valence-electron chi connectivity index (χ1n) is 10.0. The van der Waals surface area contributed by atoms with Crippen molar-refractivity contribution in [2.24, 2.45) is 17.8 Å². The summed E-state index contributed by atoms with van der Waals surface area (Å²) in [5, 5.41) is 3.39. The normalized spacial score (nSPS) is 39.6. The van der Waals surface area contributed by atoms with Gasteiger partial charge in [-0.05, 0) is 89.9 Å². The van der Waals surface area contributed by atoms with Crippen LogP contribution in [0.25, 0.3) is 0 Å². The summed E-state index contributed by atoms with van der Waals surface area (Å²) in [6.07, 6.45) is 9.07. The molecular weight excluding hydrogens is 316 g/mol. The minimum Gasteiger partial charge on any atom is -0.458 e. The lowest BCUT2D eigenvalue weighted by molar-refractivity contribution is -0.159. The molecule has 4 bridgehead atoms. The monoisotopic (exact) mass is 348 g/mol. The molecular formula is C20H32N2O3. The number of nitrogens with one attached hydrogen (secondary N) is 1. The molecule has 1 heterocycles. The summed E-state index contributed by atoms with van der Waals surface area (Å²) in [6.45, 7) is 6.28. The number of esters is 1. The van der Waals surface area contributed by atoms with Crippen LogP contribution in [0.1, 0.15) is 72.1 Å². The van der Waals surface area contributed by atoms with Crippen molar-refractivity contribution in [1.29, 1.82) is 0 Å². The lowest BCUT2D eigenvalue weighted by Crippen LogP contribution is -2.62. The Morgan fingerprint density at radius 2 is 1.60 bits per heavy atom. The van der Waals surface area contributed by atoms with Gasteiger partial charge in [0.2, 0.25) is 0 Å². The molecule has 140 valence electrons. The van der Waals surface area contributed by atoms with Gasteiger partial charge < -0.3 is 15.0 Å². The van der Waals surface area contributed by atoms with E-state index in [0.29, 0.717) is 13.0 Å². The average molecular weight is 348 g/mol. The van der Waals surface area contributed by atoms with Gasteiger partial charge in [0.05, 0.1) is 0 Å². The first kappa shape index (κ1) is 17.2. The van der Waals surface area contributed by atoms with Crippen LogP contribution in [-0.2, 0) is 9.53 Å². The van der Waals surface area contributed by atoms with Gasteiger partial charge >= 0.3 is 12.0 Å². The Morgan fingerprint density at radius 1 is 1.04 bits per heavy atom. The van der Waals surface area contributed by atoms with E-state index in [1.54, 1.807) is 4.90 Å². The highest BCUT2D eigenvalue weighted by atomic mass is 16.6. The van der Waals surface area contributed by atoms with Crippen LogP contribution >= 0.6 is 0 Å². The van der Waals surface area contributed by atoms with Crippen molar-refractivity contribution < 1.29 is 14.3 Å². The number of hydrogen-bond donors (Lipinski definition) is 1. The van der Waals surface area contributed by atoms with E-state index in [9.17, 15) is 9.59 Å². The molecule has 5 nitrogen and oxygen atoms in total. The molecule has 0 aromatic carbocycles. The van der Waals surface area contributed by atoms with Crippen molar-refractivity contribution in [2.45, 2.75) is 89.3 Å². The Labute approximate surface area is 150 Å². The summed E-state index contributed by atoms with van der Waals surface area (Å²) in [7, 11) is 0. The van der Waals surface area contributed by atoms with Crippen LogP contribution in [0.3, 0.4) is 0 Å². The Balaban J connectivity index is 1.43. The molecule has 5 aliphatic rings. The van der Waals surface area contributed by atoms with E-state index >= 15 is 0 Å². The molecule has 0 aromatic heterocycles. The average Bonchev–Trinajstić information content (AvgIpc) is 2.92. The Kier molecular flexibility index (Phi) is 4.04. The zero-order chi connectivity index (χ0) is 17.8. The molecule has 1 atom stereocenters. The summed E-state index contributed by atoms with van der Waals surface area (Å²) in [4.78, 5) is 27.2. The van der Waals surface area contributed by atoms with Gasteiger partial charge in [-0.15, -0.1) is 0 Å². The van der Waals surface area contributed by atoms with Gasteiger partial charge in [-0.25, -0.2) is 9.59 Å². The number of ether oxygens (including phenoxy) is 1. The van der Waals surface area contributed by atoms with E-state index in [1.807, 2.05) is 20.8 Å². The van der Waals surface area contributed by atoms with Gasteiger partial charge in [0.25, 0.3) is 0 Å². The zero-order valence-electron chi connectivity index (χ0n) is 15.8. The summed E-state index contributed by atoms with van der Waals surface area (Å²) >= 11 is 0. The van der Waals surface area contributed by atoms with Crippen molar-refractivity contribution in [3.05, 3.63) is 0 Å². The van der Waals surface area contributed by atoms with Crippen LogP contribution in [-0.4, -0.2) is 40.6 Å². The number of urea groups is 1. The highest BCUT2D eigenvalue weighted by Crippen LogP contribution is 2.55. The van der Waals surface area contributed by atoms with E-state index < -0.39 is 11.6 Å². The first-order valence-corrected chi connectivity index (χ1v) is 10.0. The van der Waals surface area contributed by atoms with E-state index in [4.69, 9.17) is 4.74 Å². The summed E-state index contributed by atoms with van der Waals surface area (Å²) in [5.41, 5.74) is -0.519. The highest BCUT2D eigenvalue weighted by Gasteiger charge is 2.52. The quantitative estimate of drug-likeness (QED) is 0.777. The number of carbonyl (C=O) groups is 2. The third-order valence-corrected chi connectivity index (χ3v) is 6.60. The molecule has 5 rings (SSSR count). The molecule has 2 amide bonds. The third kappa shape index (κ3) is 3.39. The van der Waals surface area contributed by atoms with Gasteiger partial charge in [-0.1, -0.05) is 0 Å². The third-order valence-electron chi connectivity index (χ3n) is 6.60. The van der Waals surface area contributed by atoms with E-state index in [2.05, 4.69) is 5.32 Å². The fraction of sp³-hybridized carbons (Fsp3) is 0.900. The molecule has 4 aliphatic carbocycles. The van der Waals surface area contributed by atoms with Crippen molar-refractivity contribution in [3.8, 4) is 0 Å². The van der Waals surface area contributed by atoms with Crippen LogP contribution in [0, 0.1) is 17.8 Å².